The van der Waals surface area contributed by atoms with E-state index in [0.717, 1.165) is 15.6 Å². The van der Waals surface area contributed by atoms with E-state index in [1.807, 2.05) is 86.6 Å². The smallest absolute Gasteiger partial charge is 0.261 e. The Morgan fingerprint density at radius 2 is 1.47 bits per heavy atom. The maximum absolute atomic E-state index is 13.5. The predicted octanol–water partition coefficient (Wildman–Crippen LogP) is 5.24. The second-order valence-electron chi connectivity index (χ2n) is 8.59. The molecule has 3 aromatic rings. The first-order chi connectivity index (χ1) is 16.4. The molecule has 0 radical (unpaired) electrons. The van der Waals surface area contributed by atoms with Crippen molar-refractivity contribution in [3.05, 3.63) is 101 Å². The lowest BCUT2D eigenvalue weighted by molar-refractivity contribution is -0.142. The van der Waals surface area contributed by atoms with Crippen LogP contribution in [-0.4, -0.2) is 35.9 Å². The van der Waals surface area contributed by atoms with Gasteiger partial charge in [0.25, 0.3) is 5.91 Å². The highest BCUT2D eigenvalue weighted by Gasteiger charge is 2.30. The van der Waals surface area contributed by atoms with Crippen LogP contribution in [-0.2, 0) is 22.6 Å². The Kier molecular flexibility index (Phi) is 9.71. The zero-order chi connectivity index (χ0) is 24.3. The van der Waals surface area contributed by atoms with E-state index in [1.54, 1.807) is 17.0 Å². The van der Waals surface area contributed by atoms with Crippen molar-refractivity contribution in [2.75, 3.05) is 13.2 Å². The number of nitrogens with zero attached hydrogens (tertiary/aromatic N) is 1. The predicted molar refractivity (Wildman–Crippen MR) is 138 cm³/mol. The molecule has 0 bridgehead atoms. The molecule has 1 N–H and O–H groups in total. The average molecular weight is 523 g/mol. The molecule has 0 aliphatic heterocycles. The lowest BCUT2D eigenvalue weighted by Gasteiger charge is -2.31. The van der Waals surface area contributed by atoms with Crippen molar-refractivity contribution in [3.63, 3.8) is 0 Å². The van der Waals surface area contributed by atoms with E-state index in [2.05, 4.69) is 21.2 Å². The highest BCUT2D eigenvalue weighted by Crippen LogP contribution is 2.18. The minimum Gasteiger partial charge on any atom is -0.484 e. The van der Waals surface area contributed by atoms with E-state index >= 15 is 0 Å². The van der Waals surface area contributed by atoms with Crippen molar-refractivity contribution in [3.8, 4) is 5.75 Å². The average Bonchev–Trinajstić information content (AvgIpc) is 2.85. The molecule has 0 aromatic heterocycles. The second kappa shape index (κ2) is 12.9. The summed E-state index contributed by atoms with van der Waals surface area (Å²) in [5.41, 5.74) is 1.95. The molecule has 178 valence electrons. The highest BCUT2D eigenvalue weighted by atomic mass is 79.9. The molecule has 0 saturated heterocycles. The summed E-state index contributed by atoms with van der Waals surface area (Å²) in [5, 5.41) is 3.02. The first-order valence-electron chi connectivity index (χ1n) is 11.5. The second-order valence-corrected chi connectivity index (χ2v) is 9.51. The van der Waals surface area contributed by atoms with Crippen LogP contribution < -0.4 is 10.1 Å². The molecule has 0 heterocycles. The highest BCUT2D eigenvalue weighted by molar-refractivity contribution is 9.10. The number of carbonyl (C=O) groups is 2. The van der Waals surface area contributed by atoms with Crippen LogP contribution in [0.15, 0.2) is 89.4 Å². The summed E-state index contributed by atoms with van der Waals surface area (Å²) in [6.07, 6.45) is 0.418. The molecular weight excluding hydrogens is 492 g/mol. The number of nitrogens with one attached hydrogen (secondary N) is 1. The van der Waals surface area contributed by atoms with Crippen LogP contribution in [0.3, 0.4) is 0 Å². The fourth-order valence-electron chi connectivity index (χ4n) is 3.52. The lowest BCUT2D eigenvalue weighted by Crippen LogP contribution is -2.52. The number of halogens is 1. The van der Waals surface area contributed by atoms with Gasteiger partial charge in [-0.3, -0.25) is 9.59 Å². The number of ether oxygens (including phenoxy) is 1. The van der Waals surface area contributed by atoms with Gasteiger partial charge in [0.05, 0.1) is 0 Å². The summed E-state index contributed by atoms with van der Waals surface area (Å²) in [5.74, 6) is 0.498. The van der Waals surface area contributed by atoms with E-state index in [9.17, 15) is 9.59 Å². The summed E-state index contributed by atoms with van der Waals surface area (Å²) in [6.45, 7) is 4.80. The number of benzene rings is 3. The van der Waals surface area contributed by atoms with Gasteiger partial charge in [-0.2, -0.15) is 0 Å². The SMILES string of the molecule is CC(C)CNC(=O)[C@H](Cc1ccccc1)N(Cc1ccccc1)C(=O)COc1ccc(Br)cc1. The lowest BCUT2D eigenvalue weighted by atomic mass is 10.0. The van der Waals surface area contributed by atoms with Gasteiger partial charge in [0, 0.05) is 24.0 Å². The van der Waals surface area contributed by atoms with Gasteiger partial charge in [0.2, 0.25) is 5.91 Å². The van der Waals surface area contributed by atoms with Crippen LogP contribution in [0.25, 0.3) is 0 Å². The number of amides is 2. The summed E-state index contributed by atoms with van der Waals surface area (Å²) in [6, 6.07) is 26.2. The zero-order valence-electron chi connectivity index (χ0n) is 19.6. The molecule has 1 atom stereocenters. The largest absolute Gasteiger partial charge is 0.484 e. The molecule has 0 fully saturated rings. The molecule has 5 nitrogen and oxygen atoms in total. The van der Waals surface area contributed by atoms with Crippen molar-refractivity contribution in [1.29, 1.82) is 0 Å². The monoisotopic (exact) mass is 522 g/mol. The van der Waals surface area contributed by atoms with Crippen LogP contribution in [0.4, 0.5) is 0 Å². The third kappa shape index (κ3) is 8.03. The third-order valence-corrected chi connectivity index (χ3v) is 5.86. The first kappa shape index (κ1) is 25.5. The maximum atomic E-state index is 13.5. The number of carbonyl (C=O) groups excluding carboxylic acids is 2. The summed E-state index contributed by atoms with van der Waals surface area (Å²) < 4.78 is 6.71. The normalized spacial score (nSPS) is 11.6. The van der Waals surface area contributed by atoms with Crippen molar-refractivity contribution in [2.45, 2.75) is 32.9 Å². The van der Waals surface area contributed by atoms with E-state index in [-0.39, 0.29) is 18.4 Å². The van der Waals surface area contributed by atoms with Gasteiger partial charge in [-0.25, -0.2) is 0 Å². The Morgan fingerprint density at radius 3 is 2.06 bits per heavy atom. The molecule has 34 heavy (non-hydrogen) atoms. The van der Waals surface area contributed by atoms with Crippen molar-refractivity contribution in [1.82, 2.24) is 10.2 Å². The Balaban J connectivity index is 1.86. The minimum absolute atomic E-state index is 0.156. The van der Waals surface area contributed by atoms with E-state index < -0.39 is 6.04 Å². The van der Waals surface area contributed by atoms with E-state index in [0.29, 0.717) is 31.2 Å². The third-order valence-electron chi connectivity index (χ3n) is 5.33. The van der Waals surface area contributed by atoms with Crippen LogP contribution in [0.5, 0.6) is 5.75 Å². The summed E-state index contributed by atoms with van der Waals surface area (Å²) in [7, 11) is 0. The van der Waals surface area contributed by atoms with Gasteiger partial charge in [0.1, 0.15) is 11.8 Å². The molecule has 0 spiro atoms. The number of rotatable bonds is 11. The molecule has 0 aliphatic carbocycles. The Morgan fingerprint density at radius 1 is 0.882 bits per heavy atom. The van der Waals surface area contributed by atoms with Gasteiger partial charge in [0.15, 0.2) is 6.61 Å². The molecular formula is C28H31BrN2O3. The van der Waals surface area contributed by atoms with E-state index in [1.165, 1.54) is 0 Å². The van der Waals surface area contributed by atoms with Crippen molar-refractivity contribution < 1.29 is 14.3 Å². The minimum atomic E-state index is -0.664. The molecule has 6 heteroatoms. The van der Waals surface area contributed by atoms with Crippen LogP contribution in [0.1, 0.15) is 25.0 Å². The first-order valence-corrected chi connectivity index (χ1v) is 12.2. The van der Waals surface area contributed by atoms with Crippen molar-refractivity contribution >= 4 is 27.7 Å². The molecule has 0 unspecified atom stereocenters. The van der Waals surface area contributed by atoms with Crippen LogP contribution in [0, 0.1) is 5.92 Å². The molecule has 0 saturated carbocycles. The fourth-order valence-corrected chi connectivity index (χ4v) is 3.78. The molecule has 2 amide bonds. The van der Waals surface area contributed by atoms with Crippen molar-refractivity contribution in [2.24, 2.45) is 5.92 Å². The van der Waals surface area contributed by atoms with Gasteiger partial charge in [-0.1, -0.05) is 90.4 Å². The topological polar surface area (TPSA) is 58.6 Å². The molecule has 0 aliphatic rings. The quantitative estimate of drug-likeness (QED) is 0.374. The van der Waals surface area contributed by atoms with Gasteiger partial charge < -0.3 is 15.0 Å². The Bertz CT molecular complexity index is 1040. The van der Waals surface area contributed by atoms with Crippen LogP contribution in [0.2, 0.25) is 0 Å². The summed E-state index contributed by atoms with van der Waals surface area (Å²) in [4.78, 5) is 28.5. The maximum Gasteiger partial charge on any atom is 0.261 e. The zero-order valence-corrected chi connectivity index (χ0v) is 21.2. The Labute approximate surface area is 210 Å². The van der Waals surface area contributed by atoms with Gasteiger partial charge >= 0.3 is 0 Å². The van der Waals surface area contributed by atoms with Gasteiger partial charge in [-0.05, 0) is 41.3 Å². The molecule has 3 aromatic carbocycles. The standard InChI is InChI=1S/C28H31BrN2O3/c1-21(2)18-30-28(33)26(17-22-9-5-3-6-10-22)31(19-23-11-7-4-8-12-23)27(32)20-34-25-15-13-24(29)14-16-25/h3-16,21,26H,17-20H2,1-2H3,(H,30,33)/t26-/m0/s1. The van der Waals surface area contributed by atoms with Crippen LogP contribution >= 0.6 is 15.9 Å². The van der Waals surface area contributed by atoms with E-state index in [4.69, 9.17) is 4.74 Å². The van der Waals surface area contributed by atoms with Gasteiger partial charge in [-0.15, -0.1) is 0 Å². The fraction of sp³-hybridized carbons (Fsp3) is 0.286. The Hall–Kier alpha value is -3.12. The number of hydrogen-bond donors (Lipinski definition) is 1. The molecule has 3 rings (SSSR count). The summed E-state index contributed by atoms with van der Waals surface area (Å²) >= 11 is 3.40. The number of hydrogen-bond acceptors (Lipinski definition) is 3.